The Kier molecular flexibility index (Phi) is 3.97. The van der Waals surface area contributed by atoms with Crippen LogP contribution in [-0.4, -0.2) is 11.7 Å². The molecule has 0 aromatic heterocycles. The molecule has 0 spiro atoms. The number of Topliss-reactive ketones (excluding diaryl/α,β-unsaturated/α-hetero) is 1. The highest BCUT2D eigenvalue weighted by Crippen LogP contribution is 2.07. The topological polar surface area (TPSA) is 17.1 Å². The van der Waals surface area contributed by atoms with Gasteiger partial charge < -0.3 is 0 Å². The van der Waals surface area contributed by atoms with Gasteiger partial charge in [-0.1, -0.05) is 29.8 Å². The maximum absolute atomic E-state index is 11.5. The van der Waals surface area contributed by atoms with Crippen LogP contribution in [0, 0.1) is 6.92 Å². The minimum absolute atomic E-state index is 0.181. The molecule has 0 heterocycles. The van der Waals surface area contributed by atoms with Gasteiger partial charge in [-0.3, -0.25) is 4.79 Å². The molecule has 13 heavy (non-hydrogen) atoms. The van der Waals surface area contributed by atoms with Crippen LogP contribution in [0.25, 0.3) is 0 Å². The first-order valence-corrected chi connectivity index (χ1v) is 4.93. The molecule has 2 heteroatoms. The summed E-state index contributed by atoms with van der Waals surface area (Å²) >= 11 is 5.51. The highest BCUT2D eigenvalue weighted by molar-refractivity contribution is 6.18. The van der Waals surface area contributed by atoms with Crippen molar-refractivity contribution in [3.8, 4) is 0 Å². The quantitative estimate of drug-likeness (QED) is 0.534. The number of carbonyl (C=O) groups is 1. The van der Waals surface area contributed by atoms with Gasteiger partial charge in [-0.05, 0) is 13.3 Å². The van der Waals surface area contributed by atoms with Crippen LogP contribution < -0.4 is 0 Å². The van der Waals surface area contributed by atoms with E-state index in [9.17, 15) is 4.79 Å². The van der Waals surface area contributed by atoms with Crippen molar-refractivity contribution in [1.82, 2.24) is 0 Å². The smallest absolute Gasteiger partial charge is 0.162 e. The van der Waals surface area contributed by atoms with Gasteiger partial charge in [0.1, 0.15) is 0 Å². The summed E-state index contributed by atoms with van der Waals surface area (Å²) < 4.78 is 0. The molecular weight excluding hydrogens is 184 g/mol. The average molecular weight is 197 g/mol. The van der Waals surface area contributed by atoms with E-state index in [4.69, 9.17) is 11.6 Å². The average Bonchev–Trinajstić information content (AvgIpc) is 2.15. The Hall–Kier alpha value is -0.820. The van der Waals surface area contributed by atoms with Crippen LogP contribution in [0.3, 0.4) is 0 Å². The van der Waals surface area contributed by atoms with E-state index in [-0.39, 0.29) is 5.78 Å². The van der Waals surface area contributed by atoms with Gasteiger partial charge in [-0.2, -0.15) is 0 Å². The third kappa shape index (κ3) is 3.19. The summed E-state index contributed by atoms with van der Waals surface area (Å²) in [5.41, 5.74) is 1.96. The summed E-state index contributed by atoms with van der Waals surface area (Å²) in [7, 11) is 0. The Morgan fingerprint density at radius 1 is 1.31 bits per heavy atom. The van der Waals surface area contributed by atoms with Crippen LogP contribution in [-0.2, 0) is 0 Å². The molecular formula is C11H13ClO. The lowest BCUT2D eigenvalue weighted by atomic mass is 10.1. The van der Waals surface area contributed by atoms with Crippen molar-refractivity contribution >= 4 is 17.4 Å². The SMILES string of the molecule is Cc1ccc(C(=O)CCCCl)cc1. The predicted octanol–water partition coefficient (Wildman–Crippen LogP) is 3.20. The number of hydrogen-bond acceptors (Lipinski definition) is 1. The molecule has 0 aliphatic heterocycles. The number of carbonyl (C=O) groups excluding carboxylic acids is 1. The van der Waals surface area contributed by atoms with Crippen LogP contribution in [0.15, 0.2) is 24.3 Å². The van der Waals surface area contributed by atoms with Crippen LogP contribution in [0.2, 0.25) is 0 Å². The fourth-order valence-electron chi connectivity index (χ4n) is 1.11. The monoisotopic (exact) mass is 196 g/mol. The van der Waals surface area contributed by atoms with Gasteiger partial charge in [0.2, 0.25) is 0 Å². The lowest BCUT2D eigenvalue weighted by Gasteiger charge is -1.99. The van der Waals surface area contributed by atoms with E-state index in [0.717, 1.165) is 12.0 Å². The largest absolute Gasteiger partial charge is 0.294 e. The number of halogens is 1. The summed E-state index contributed by atoms with van der Waals surface area (Å²) in [6.45, 7) is 2.01. The molecule has 1 aromatic carbocycles. The number of rotatable bonds is 4. The number of ketones is 1. The second kappa shape index (κ2) is 5.03. The summed E-state index contributed by atoms with van der Waals surface area (Å²) in [6, 6.07) is 7.64. The number of benzene rings is 1. The number of alkyl halides is 1. The molecule has 0 unspecified atom stereocenters. The highest BCUT2D eigenvalue weighted by Gasteiger charge is 2.03. The lowest BCUT2D eigenvalue weighted by molar-refractivity contribution is 0.0982. The summed E-state index contributed by atoms with van der Waals surface area (Å²) in [5.74, 6) is 0.734. The third-order valence-corrected chi connectivity index (χ3v) is 2.18. The zero-order chi connectivity index (χ0) is 9.68. The maximum Gasteiger partial charge on any atom is 0.162 e. The van der Waals surface area contributed by atoms with E-state index in [1.807, 2.05) is 31.2 Å². The van der Waals surface area contributed by atoms with Crippen molar-refractivity contribution < 1.29 is 4.79 Å². The summed E-state index contributed by atoms with van der Waals surface area (Å²) in [5, 5.41) is 0. The van der Waals surface area contributed by atoms with E-state index >= 15 is 0 Å². The van der Waals surface area contributed by atoms with Crippen molar-refractivity contribution in [3.05, 3.63) is 35.4 Å². The fourth-order valence-corrected chi connectivity index (χ4v) is 1.24. The first-order valence-electron chi connectivity index (χ1n) is 4.40. The molecule has 0 fully saturated rings. The van der Waals surface area contributed by atoms with Crippen molar-refractivity contribution in [2.45, 2.75) is 19.8 Å². The molecule has 0 saturated carbocycles. The Morgan fingerprint density at radius 3 is 2.46 bits per heavy atom. The van der Waals surface area contributed by atoms with Crippen LogP contribution in [0.1, 0.15) is 28.8 Å². The van der Waals surface area contributed by atoms with Gasteiger partial charge in [0, 0.05) is 17.9 Å². The van der Waals surface area contributed by atoms with Gasteiger partial charge in [0.05, 0.1) is 0 Å². The molecule has 0 saturated heterocycles. The van der Waals surface area contributed by atoms with E-state index in [0.29, 0.717) is 12.3 Å². The van der Waals surface area contributed by atoms with Crippen LogP contribution >= 0.6 is 11.6 Å². The van der Waals surface area contributed by atoms with Crippen molar-refractivity contribution in [2.75, 3.05) is 5.88 Å². The Morgan fingerprint density at radius 2 is 1.92 bits per heavy atom. The third-order valence-electron chi connectivity index (χ3n) is 1.91. The second-order valence-corrected chi connectivity index (χ2v) is 3.46. The summed E-state index contributed by atoms with van der Waals surface area (Å²) in [4.78, 5) is 11.5. The first-order chi connectivity index (χ1) is 6.24. The lowest BCUT2D eigenvalue weighted by Crippen LogP contribution is -1.98. The molecule has 0 bridgehead atoms. The molecule has 1 rings (SSSR count). The molecule has 0 aliphatic carbocycles. The normalized spacial score (nSPS) is 10.0. The Balaban J connectivity index is 2.61. The Labute approximate surface area is 83.7 Å². The minimum atomic E-state index is 0.181. The van der Waals surface area contributed by atoms with E-state index < -0.39 is 0 Å². The van der Waals surface area contributed by atoms with Crippen molar-refractivity contribution in [3.63, 3.8) is 0 Å². The standard InChI is InChI=1S/C11H13ClO/c1-9-4-6-10(7-5-9)11(13)3-2-8-12/h4-7H,2-3,8H2,1H3. The van der Waals surface area contributed by atoms with Crippen molar-refractivity contribution in [1.29, 1.82) is 0 Å². The van der Waals surface area contributed by atoms with Crippen LogP contribution in [0.4, 0.5) is 0 Å². The first kappa shape index (κ1) is 10.3. The second-order valence-electron chi connectivity index (χ2n) is 3.08. The zero-order valence-corrected chi connectivity index (χ0v) is 8.47. The molecule has 0 N–H and O–H groups in total. The van der Waals surface area contributed by atoms with Crippen molar-refractivity contribution in [2.24, 2.45) is 0 Å². The van der Waals surface area contributed by atoms with E-state index in [2.05, 4.69) is 0 Å². The zero-order valence-electron chi connectivity index (χ0n) is 7.72. The van der Waals surface area contributed by atoms with E-state index in [1.165, 1.54) is 5.56 Å². The number of aryl methyl sites for hydroxylation is 1. The molecule has 70 valence electrons. The van der Waals surface area contributed by atoms with Gasteiger partial charge >= 0.3 is 0 Å². The molecule has 1 aromatic rings. The maximum atomic E-state index is 11.5. The van der Waals surface area contributed by atoms with Gasteiger partial charge in [-0.25, -0.2) is 0 Å². The number of hydrogen-bond donors (Lipinski definition) is 0. The van der Waals surface area contributed by atoms with Crippen LogP contribution in [0.5, 0.6) is 0 Å². The fraction of sp³-hybridized carbons (Fsp3) is 0.364. The molecule has 0 amide bonds. The van der Waals surface area contributed by atoms with Gasteiger partial charge in [-0.15, -0.1) is 11.6 Å². The predicted molar refractivity (Wildman–Crippen MR) is 55.5 cm³/mol. The molecule has 0 aliphatic rings. The molecule has 0 atom stereocenters. The molecule has 0 radical (unpaired) electrons. The highest BCUT2D eigenvalue weighted by atomic mass is 35.5. The van der Waals surface area contributed by atoms with E-state index in [1.54, 1.807) is 0 Å². The van der Waals surface area contributed by atoms with Gasteiger partial charge in [0.15, 0.2) is 5.78 Å². The summed E-state index contributed by atoms with van der Waals surface area (Å²) in [6.07, 6.45) is 1.31. The van der Waals surface area contributed by atoms with Gasteiger partial charge in [0.25, 0.3) is 0 Å². The minimum Gasteiger partial charge on any atom is -0.294 e. The molecule has 1 nitrogen and oxygen atoms in total. The Bertz CT molecular complexity index is 277.